The smallest absolute Gasteiger partial charge is 0.224 e. The Labute approximate surface area is 157 Å². The second kappa shape index (κ2) is 9.37. The van der Waals surface area contributed by atoms with Crippen molar-refractivity contribution in [2.45, 2.75) is 40.0 Å². The van der Waals surface area contributed by atoms with Gasteiger partial charge in [-0.15, -0.1) is 0 Å². The molecule has 1 unspecified atom stereocenters. The lowest BCUT2D eigenvalue weighted by Crippen LogP contribution is -2.46. The molecule has 1 aromatic carbocycles. The van der Waals surface area contributed by atoms with Gasteiger partial charge in [0.2, 0.25) is 15.9 Å². The van der Waals surface area contributed by atoms with E-state index in [0.29, 0.717) is 26.1 Å². The Morgan fingerprint density at radius 2 is 1.96 bits per heavy atom. The number of carbonyl (C=O) groups excluding carboxylic acids is 1. The van der Waals surface area contributed by atoms with Crippen LogP contribution in [0.2, 0.25) is 0 Å². The zero-order valence-corrected chi connectivity index (χ0v) is 16.8. The zero-order valence-electron chi connectivity index (χ0n) is 16.0. The molecule has 1 fully saturated rings. The molecule has 7 heteroatoms. The zero-order chi connectivity index (χ0) is 19.2. The molecule has 26 heavy (non-hydrogen) atoms. The van der Waals surface area contributed by atoms with Gasteiger partial charge in [0.05, 0.1) is 18.2 Å². The molecule has 0 saturated carbocycles. The van der Waals surface area contributed by atoms with Gasteiger partial charge in [-0.05, 0) is 56.4 Å². The third-order valence-electron chi connectivity index (χ3n) is 4.48. The summed E-state index contributed by atoms with van der Waals surface area (Å²) in [4.78, 5) is 12.4. The first kappa shape index (κ1) is 20.7. The van der Waals surface area contributed by atoms with Crippen LogP contribution in [0.1, 0.15) is 37.3 Å². The van der Waals surface area contributed by atoms with E-state index < -0.39 is 10.0 Å². The molecule has 1 saturated heterocycles. The molecule has 2 rings (SSSR count). The normalized spacial score (nSPS) is 18.5. The van der Waals surface area contributed by atoms with Crippen LogP contribution in [0, 0.1) is 19.8 Å². The molecule has 1 N–H and O–H groups in total. The maximum atomic E-state index is 12.4. The summed E-state index contributed by atoms with van der Waals surface area (Å²) in [6, 6.07) is 6.01. The minimum absolute atomic E-state index is 0.0922. The average Bonchev–Trinajstić information content (AvgIpc) is 2.58. The molecule has 1 atom stereocenters. The van der Waals surface area contributed by atoms with Crippen LogP contribution >= 0.6 is 0 Å². The standard InChI is InChI=1S/C19H30N2O4S/c1-4-10-26(23,24)21-8-5-6-17(14-21)19(22)20-7-9-25-18-12-15(2)11-16(3)13-18/h11-13,17H,4-10,14H2,1-3H3,(H,20,22). The van der Waals surface area contributed by atoms with E-state index in [-0.39, 0.29) is 24.1 Å². The van der Waals surface area contributed by atoms with E-state index >= 15 is 0 Å². The molecule has 0 spiro atoms. The predicted molar refractivity (Wildman–Crippen MR) is 103 cm³/mol. The van der Waals surface area contributed by atoms with Crippen molar-refractivity contribution in [2.24, 2.45) is 5.92 Å². The summed E-state index contributed by atoms with van der Waals surface area (Å²) >= 11 is 0. The van der Waals surface area contributed by atoms with Gasteiger partial charge in [-0.25, -0.2) is 12.7 Å². The van der Waals surface area contributed by atoms with Gasteiger partial charge in [-0.2, -0.15) is 0 Å². The van der Waals surface area contributed by atoms with Crippen LogP contribution in [0.15, 0.2) is 18.2 Å². The number of nitrogens with one attached hydrogen (secondary N) is 1. The van der Waals surface area contributed by atoms with Gasteiger partial charge in [0.25, 0.3) is 0 Å². The molecule has 1 aliphatic rings. The molecule has 1 heterocycles. The molecule has 146 valence electrons. The lowest BCUT2D eigenvalue weighted by atomic mass is 9.99. The number of rotatable bonds is 8. The highest BCUT2D eigenvalue weighted by Gasteiger charge is 2.31. The fourth-order valence-electron chi connectivity index (χ4n) is 3.30. The van der Waals surface area contributed by atoms with Crippen molar-refractivity contribution < 1.29 is 17.9 Å². The molecule has 1 amide bonds. The average molecular weight is 383 g/mol. The highest BCUT2D eigenvalue weighted by molar-refractivity contribution is 7.89. The Hall–Kier alpha value is -1.60. The van der Waals surface area contributed by atoms with E-state index in [1.165, 1.54) is 4.31 Å². The number of amides is 1. The van der Waals surface area contributed by atoms with E-state index in [4.69, 9.17) is 4.74 Å². The summed E-state index contributed by atoms with van der Waals surface area (Å²) in [7, 11) is -3.24. The lowest BCUT2D eigenvalue weighted by molar-refractivity contribution is -0.126. The Morgan fingerprint density at radius 3 is 2.62 bits per heavy atom. The number of benzene rings is 1. The molecule has 0 radical (unpaired) electrons. The first-order valence-corrected chi connectivity index (χ1v) is 10.9. The Bertz CT molecular complexity index is 698. The number of aryl methyl sites for hydroxylation is 2. The highest BCUT2D eigenvalue weighted by atomic mass is 32.2. The minimum atomic E-state index is -3.24. The van der Waals surface area contributed by atoms with Crippen molar-refractivity contribution >= 4 is 15.9 Å². The Kier molecular flexibility index (Phi) is 7.46. The quantitative estimate of drug-likeness (QED) is 0.700. The van der Waals surface area contributed by atoms with Crippen molar-refractivity contribution in [2.75, 3.05) is 32.0 Å². The molecule has 0 aromatic heterocycles. The molecular formula is C19H30N2O4S. The lowest BCUT2D eigenvalue weighted by Gasteiger charge is -2.31. The maximum Gasteiger partial charge on any atom is 0.224 e. The summed E-state index contributed by atoms with van der Waals surface area (Å²) in [6.45, 7) is 7.48. The van der Waals surface area contributed by atoms with E-state index in [2.05, 4.69) is 11.4 Å². The van der Waals surface area contributed by atoms with Gasteiger partial charge in [-0.3, -0.25) is 4.79 Å². The van der Waals surface area contributed by atoms with E-state index in [1.807, 2.05) is 32.9 Å². The van der Waals surface area contributed by atoms with Crippen molar-refractivity contribution in [3.63, 3.8) is 0 Å². The number of ether oxygens (including phenoxy) is 1. The molecule has 1 aliphatic heterocycles. The summed E-state index contributed by atoms with van der Waals surface area (Å²) in [5.74, 6) is 0.568. The number of hydrogen-bond donors (Lipinski definition) is 1. The first-order valence-electron chi connectivity index (χ1n) is 9.28. The number of sulfonamides is 1. The molecule has 6 nitrogen and oxygen atoms in total. The predicted octanol–water partition coefficient (Wildman–Crippen LogP) is 2.25. The van der Waals surface area contributed by atoms with E-state index in [9.17, 15) is 13.2 Å². The van der Waals surface area contributed by atoms with Crippen LogP contribution < -0.4 is 10.1 Å². The summed E-state index contributed by atoms with van der Waals surface area (Å²) in [6.07, 6.45) is 2.04. The van der Waals surface area contributed by atoms with E-state index in [0.717, 1.165) is 29.7 Å². The van der Waals surface area contributed by atoms with Gasteiger partial charge in [0.15, 0.2) is 0 Å². The molecule has 0 aliphatic carbocycles. The molecule has 1 aromatic rings. The van der Waals surface area contributed by atoms with Crippen LogP contribution in [-0.4, -0.2) is 50.6 Å². The molecule has 0 bridgehead atoms. The fourth-order valence-corrected chi connectivity index (χ4v) is 4.89. The van der Waals surface area contributed by atoms with Crippen LogP contribution in [0.3, 0.4) is 0 Å². The van der Waals surface area contributed by atoms with E-state index in [1.54, 1.807) is 0 Å². The van der Waals surface area contributed by atoms with Crippen LogP contribution in [0.5, 0.6) is 5.75 Å². The Balaban J connectivity index is 1.78. The maximum absolute atomic E-state index is 12.4. The topological polar surface area (TPSA) is 75.7 Å². The third-order valence-corrected chi connectivity index (χ3v) is 6.52. The third kappa shape index (κ3) is 5.99. The number of piperidine rings is 1. The van der Waals surface area contributed by atoms with Gasteiger partial charge in [-0.1, -0.05) is 13.0 Å². The van der Waals surface area contributed by atoms with Crippen LogP contribution in [-0.2, 0) is 14.8 Å². The van der Waals surface area contributed by atoms with Crippen molar-refractivity contribution in [3.8, 4) is 5.75 Å². The van der Waals surface area contributed by atoms with Gasteiger partial charge < -0.3 is 10.1 Å². The summed E-state index contributed by atoms with van der Waals surface area (Å²) in [5.41, 5.74) is 2.28. The second-order valence-corrected chi connectivity index (χ2v) is 9.06. The van der Waals surface area contributed by atoms with Crippen LogP contribution in [0.4, 0.5) is 0 Å². The second-order valence-electron chi connectivity index (χ2n) is 6.98. The van der Waals surface area contributed by atoms with Gasteiger partial charge in [0, 0.05) is 13.1 Å². The summed E-state index contributed by atoms with van der Waals surface area (Å²) < 4.78 is 31.6. The van der Waals surface area contributed by atoms with Crippen molar-refractivity contribution in [1.29, 1.82) is 0 Å². The van der Waals surface area contributed by atoms with Crippen molar-refractivity contribution in [1.82, 2.24) is 9.62 Å². The minimum Gasteiger partial charge on any atom is -0.492 e. The number of nitrogens with zero attached hydrogens (tertiary/aromatic N) is 1. The SMILES string of the molecule is CCCS(=O)(=O)N1CCCC(C(=O)NCCOc2cc(C)cc(C)c2)C1. The highest BCUT2D eigenvalue weighted by Crippen LogP contribution is 2.20. The number of carbonyl (C=O) groups is 1. The fraction of sp³-hybridized carbons (Fsp3) is 0.632. The Morgan fingerprint density at radius 1 is 1.27 bits per heavy atom. The van der Waals surface area contributed by atoms with Crippen molar-refractivity contribution in [3.05, 3.63) is 29.3 Å². The van der Waals surface area contributed by atoms with Gasteiger partial charge >= 0.3 is 0 Å². The van der Waals surface area contributed by atoms with Crippen LogP contribution in [0.25, 0.3) is 0 Å². The first-order chi connectivity index (χ1) is 12.3. The van der Waals surface area contributed by atoms with Gasteiger partial charge in [0.1, 0.15) is 12.4 Å². The number of hydrogen-bond acceptors (Lipinski definition) is 4. The molecular weight excluding hydrogens is 352 g/mol. The monoisotopic (exact) mass is 382 g/mol. The summed E-state index contributed by atoms with van der Waals surface area (Å²) in [5, 5.41) is 2.87. The largest absolute Gasteiger partial charge is 0.492 e.